The van der Waals surface area contributed by atoms with E-state index in [4.69, 9.17) is 0 Å². The predicted molar refractivity (Wildman–Crippen MR) is 95.0 cm³/mol. The Kier molecular flexibility index (Phi) is 6.15. The van der Waals surface area contributed by atoms with Gasteiger partial charge in [-0.2, -0.15) is 11.8 Å². The van der Waals surface area contributed by atoms with Crippen LogP contribution in [0.15, 0.2) is 30.3 Å². The molecule has 3 atom stereocenters. The first-order chi connectivity index (χ1) is 10.1. The highest BCUT2D eigenvalue weighted by molar-refractivity contribution is 7.99. The lowest BCUT2D eigenvalue weighted by Gasteiger charge is -2.46. The fourth-order valence-electron chi connectivity index (χ4n) is 3.03. The lowest BCUT2D eigenvalue weighted by atomic mass is 9.91. The summed E-state index contributed by atoms with van der Waals surface area (Å²) in [5.74, 6) is 0. The third-order valence-electron chi connectivity index (χ3n) is 4.90. The Hall–Kier alpha value is -0.510. The molecule has 1 saturated heterocycles. The molecule has 3 unspecified atom stereocenters. The van der Waals surface area contributed by atoms with E-state index in [-0.39, 0.29) is 5.54 Å². The van der Waals surface area contributed by atoms with E-state index < -0.39 is 0 Å². The molecule has 0 radical (unpaired) electrons. The van der Waals surface area contributed by atoms with E-state index >= 15 is 0 Å². The van der Waals surface area contributed by atoms with Crippen LogP contribution in [0.25, 0.3) is 0 Å². The molecule has 0 bridgehead atoms. The minimum atomic E-state index is 0.258. The molecule has 3 heteroatoms. The van der Waals surface area contributed by atoms with E-state index in [9.17, 15) is 0 Å². The normalized spacial score (nSPS) is 28.5. The summed E-state index contributed by atoms with van der Waals surface area (Å²) in [6.07, 6.45) is 4.67. The fourth-order valence-corrected chi connectivity index (χ4v) is 3.37. The van der Waals surface area contributed by atoms with Gasteiger partial charge in [-0.1, -0.05) is 44.2 Å². The van der Waals surface area contributed by atoms with E-state index in [2.05, 4.69) is 67.6 Å². The van der Waals surface area contributed by atoms with Crippen molar-refractivity contribution in [3.8, 4) is 0 Å². The van der Waals surface area contributed by atoms with Gasteiger partial charge in [-0.3, -0.25) is 4.90 Å². The molecule has 118 valence electrons. The molecule has 0 saturated carbocycles. The molecule has 1 aliphatic heterocycles. The van der Waals surface area contributed by atoms with Gasteiger partial charge < -0.3 is 5.32 Å². The molecule has 0 amide bonds. The minimum absolute atomic E-state index is 0.258. The highest BCUT2D eigenvalue weighted by Crippen LogP contribution is 2.29. The van der Waals surface area contributed by atoms with Crippen molar-refractivity contribution in [2.45, 2.75) is 50.4 Å². The minimum Gasteiger partial charge on any atom is -0.308 e. The monoisotopic (exact) mass is 306 g/mol. The Labute approximate surface area is 134 Å². The fraction of sp³-hybridized carbons (Fsp3) is 0.667. The molecule has 21 heavy (non-hydrogen) atoms. The van der Waals surface area contributed by atoms with Gasteiger partial charge in [0.05, 0.1) is 0 Å². The summed E-state index contributed by atoms with van der Waals surface area (Å²) in [7, 11) is 0. The van der Waals surface area contributed by atoms with Crippen LogP contribution in [0.4, 0.5) is 0 Å². The van der Waals surface area contributed by atoms with E-state index in [1.54, 1.807) is 0 Å². The lowest BCUT2D eigenvalue weighted by molar-refractivity contribution is 0.0831. The smallest absolute Gasteiger partial charge is 0.0473 e. The highest BCUT2D eigenvalue weighted by atomic mass is 32.2. The van der Waals surface area contributed by atoms with Crippen molar-refractivity contribution in [3.05, 3.63) is 35.9 Å². The van der Waals surface area contributed by atoms with Crippen LogP contribution in [0, 0.1) is 0 Å². The quantitative estimate of drug-likeness (QED) is 0.857. The maximum atomic E-state index is 3.78. The zero-order valence-corrected chi connectivity index (χ0v) is 14.7. The van der Waals surface area contributed by atoms with Gasteiger partial charge >= 0.3 is 0 Å². The van der Waals surface area contributed by atoms with Crippen molar-refractivity contribution in [2.24, 2.45) is 0 Å². The second-order valence-electron chi connectivity index (χ2n) is 6.53. The summed E-state index contributed by atoms with van der Waals surface area (Å²) in [6, 6.07) is 11.5. The first kappa shape index (κ1) is 16.9. The van der Waals surface area contributed by atoms with Crippen LogP contribution >= 0.6 is 11.8 Å². The molecular formula is C18H30N2S. The van der Waals surface area contributed by atoms with Crippen LogP contribution in [0.1, 0.15) is 45.2 Å². The first-order valence-electron chi connectivity index (χ1n) is 8.15. The topological polar surface area (TPSA) is 15.3 Å². The van der Waals surface area contributed by atoms with Crippen LogP contribution in [-0.2, 0) is 0 Å². The van der Waals surface area contributed by atoms with Gasteiger partial charge in [0.25, 0.3) is 0 Å². The van der Waals surface area contributed by atoms with Crippen LogP contribution in [0.5, 0.6) is 0 Å². The molecule has 1 N–H and O–H groups in total. The van der Waals surface area contributed by atoms with Crippen molar-refractivity contribution >= 4 is 11.8 Å². The van der Waals surface area contributed by atoms with Crippen LogP contribution in [0.3, 0.4) is 0 Å². The number of piperazine rings is 1. The largest absolute Gasteiger partial charge is 0.308 e. The maximum Gasteiger partial charge on any atom is 0.0473 e. The van der Waals surface area contributed by atoms with Crippen LogP contribution < -0.4 is 5.32 Å². The van der Waals surface area contributed by atoms with Gasteiger partial charge in [0, 0.05) is 29.9 Å². The molecular weight excluding hydrogens is 276 g/mol. The van der Waals surface area contributed by atoms with Crippen molar-refractivity contribution in [3.63, 3.8) is 0 Å². The predicted octanol–water partition coefficient (Wildman–Crippen LogP) is 3.94. The SMILES string of the molecule is CCC1(C)CN(CCC(C)SC)C(c2ccccc2)CN1. The molecule has 1 heterocycles. The molecule has 1 fully saturated rings. The second kappa shape index (κ2) is 7.66. The first-order valence-corrected chi connectivity index (χ1v) is 9.43. The molecule has 0 spiro atoms. The molecule has 2 rings (SSSR count). The van der Waals surface area contributed by atoms with Gasteiger partial charge in [-0.15, -0.1) is 0 Å². The zero-order valence-electron chi connectivity index (χ0n) is 13.9. The molecule has 2 nitrogen and oxygen atoms in total. The van der Waals surface area contributed by atoms with Gasteiger partial charge in [0.15, 0.2) is 0 Å². The van der Waals surface area contributed by atoms with Crippen LogP contribution in [-0.4, -0.2) is 41.6 Å². The van der Waals surface area contributed by atoms with E-state index in [0.717, 1.165) is 18.3 Å². The highest BCUT2D eigenvalue weighted by Gasteiger charge is 2.34. The Morgan fingerprint density at radius 2 is 2.10 bits per heavy atom. The molecule has 0 aromatic heterocycles. The summed E-state index contributed by atoms with van der Waals surface area (Å²) >= 11 is 1.97. The van der Waals surface area contributed by atoms with Gasteiger partial charge in [0.1, 0.15) is 0 Å². The number of hydrogen-bond donors (Lipinski definition) is 1. The third kappa shape index (κ3) is 4.48. The van der Waals surface area contributed by atoms with Crippen molar-refractivity contribution in [1.29, 1.82) is 0 Å². The van der Waals surface area contributed by atoms with E-state index in [0.29, 0.717) is 6.04 Å². The van der Waals surface area contributed by atoms with Gasteiger partial charge in [0.2, 0.25) is 0 Å². The third-order valence-corrected chi connectivity index (χ3v) is 5.95. The summed E-state index contributed by atoms with van der Waals surface area (Å²) in [4.78, 5) is 2.70. The summed E-state index contributed by atoms with van der Waals surface area (Å²) < 4.78 is 0. The van der Waals surface area contributed by atoms with Crippen molar-refractivity contribution < 1.29 is 0 Å². The molecule has 1 aromatic carbocycles. The number of hydrogen-bond acceptors (Lipinski definition) is 3. The average Bonchev–Trinajstić information content (AvgIpc) is 2.53. The summed E-state index contributed by atoms with van der Waals surface area (Å²) in [5.41, 5.74) is 1.70. The Morgan fingerprint density at radius 1 is 1.38 bits per heavy atom. The lowest BCUT2D eigenvalue weighted by Crippen LogP contribution is -2.59. The van der Waals surface area contributed by atoms with Crippen LogP contribution in [0.2, 0.25) is 0 Å². The Morgan fingerprint density at radius 3 is 2.71 bits per heavy atom. The van der Waals surface area contributed by atoms with Gasteiger partial charge in [-0.05, 0) is 38.1 Å². The van der Waals surface area contributed by atoms with Gasteiger partial charge in [-0.25, -0.2) is 0 Å². The number of benzene rings is 1. The number of nitrogens with one attached hydrogen (secondary N) is 1. The second-order valence-corrected chi connectivity index (χ2v) is 7.80. The van der Waals surface area contributed by atoms with E-state index in [1.807, 2.05) is 11.8 Å². The zero-order chi connectivity index (χ0) is 15.3. The standard InChI is InChI=1S/C18H30N2S/c1-5-18(3)14-20(12-11-15(2)21-4)17(13-19-18)16-9-7-6-8-10-16/h6-10,15,17,19H,5,11-14H2,1-4H3. The average molecular weight is 307 g/mol. The Bertz CT molecular complexity index is 422. The number of nitrogens with zero attached hydrogens (tertiary/aromatic N) is 1. The van der Waals surface area contributed by atoms with Crippen molar-refractivity contribution in [1.82, 2.24) is 10.2 Å². The molecule has 1 aromatic rings. The molecule has 1 aliphatic rings. The van der Waals surface area contributed by atoms with E-state index in [1.165, 1.54) is 24.9 Å². The molecule has 0 aliphatic carbocycles. The number of rotatable bonds is 6. The summed E-state index contributed by atoms with van der Waals surface area (Å²) in [6.45, 7) is 10.4. The number of thioether (sulfide) groups is 1. The summed E-state index contributed by atoms with van der Waals surface area (Å²) in [5, 5.41) is 4.52. The Balaban J connectivity index is 2.10. The van der Waals surface area contributed by atoms with Crippen molar-refractivity contribution in [2.75, 3.05) is 25.9 Å². The maximum absolute atomic E-state index is 3.78.